The van der Waals surface area contributed by atoms with E-state index in [2.05, 4.69) is 27.7 Å². The van der Waals surface area contributed by atoms with E-state index in [1.807, 2.05) is 0 Å². The molecule has 3 N–H and O–H groups in total. The summed E-state index contributed by atoms with van der Waals surface area (Å²) in [6.45, 7) is 4.97. The first-order chi connectivity index (χ1) is 48.2. The van der Waals surface area contributed by atoms with E-state index in [0.717, 1.165) is 103 Å². The minimum atomic E-state index is -4.96. The maximum absolute atomic E-state index is 13.1. The molecule has 2 unspecified atom stereocenters. The Labute approximate surface area is 607 Å². The van der Waals surface area contributed by atoms with E-state index in [9.17, 15) is 43.2 Å². The molecule has 0 fully saturated rings. The molecule has 0 heterocycles. The highest BCUT2D eigenvalue weighted by Gasteiger charge is 2.30. The molecular weight excluding hydrogens is 1290 g/mol. The third-order valence-electron chi connectivity index (χ3n) is 18.9. The van der Waals surface area contributed by atoms with E-state index in [4.69, 9.17) is 37.0 Å². The number of unbranched alkanes of at least 4 members (excludes halogenated alkanes) is 55. The first-order valence-electron chi connectivity index (χ1n) is 41.8. The van der Waals surface area contributed by atoms with Gasteiger partial charge in [-0.15, -0.1) is 0 Å². The van der Waals surface area contributed by atoms with Crippen molar-refractivity contribution >= 4 is 39.5 Å². The summed E-state index contributed by atoms with van der Waals surface area (Å²) in [6.07, 6.45) is 66.9. The van der Waals surface area contributed by atoms with Crippen LogP contribution in [0.3, 0.4) is 0 Å². The molecule has 17 nitrogen and oxygen atoms in total. The minimum Gasteiger partial charge on any atom is -0.462 e. The predicted octanol–water partition coefficient (Wildman–Crippen LogP) is 24.2. The van der Waals surface area contributed by atoms with Gasteiger partial charge in [0.1, 0.15) is 19.3 Å². The van der Waals surface area contributed by atoms with Crippen molar-refractivity contribution in [2.45, 2.75) is 451 Å². The van der Waals surface area contributed by atoms with Crippen molar-refractivity contribution in [2.75, 3.05) is 39.6 Å². The number of aliphatic hydroxyl groups excluding tert-OH is 1. The summed E-state index contributed by atoms with van der Waals surface area (Å²) in [7, 11) is -9.91. The largest absolute Gasteiger partial charge is 0.472 e. The Morgan fingerprint density at radius 1 is 0.242 bits per heavy atom. The van der Waals surface area contributed by atoms with Gasteiger partial charge < -0.3 is 33.8 Å². The van der Waals surface area contributed by atoms with Crippen LogP contribution in [0, 0.1) is 0 Å². The Kier molecular flexibility index (Phi) is 72.9. The molecule has 0 aromatic carbocycles. The molecule has 0 saturated heterocycles. The summed E-state index contributed by atoms with van der Waals surface area (Å²) in [5.74, 6) is -2.11. The fourth-order valence-corrected chi connectivity index (χ4v) is 14.0. The monoisotopic (exact) mass is 1450 g/mol. The lowest BCUT2D eigenvalue weighted by atomic mass is 10.0. The number of rotatable bonds is 81. The van der Waals surface area contributed by atoms with E-state index >= 15 is 0 Å². The highest BCUT2D eigenvalue weighted by Crippen LogP contribution is 2.45. The van der Waals surface area contributed by atoms with Gasteiger partial charge in [0.25, 0.3) is 0 Å². The van der Waals surface area contributed by atoms with Crippen molar-refractivity contribution in [3.63, 3.8) is 0 Å². The first-order valence-corrected chi connectivity index (χ1v) is 44.8. The fourth-order valence-electron chi connectivity index (χ4n) is 12.5. The number of aliphatic hydroxyl groups is 1. The topological polar surface area (TPSA) is 237 Å². The Morgan fingerprint density at radius 2 is 0.404 bits per heavy atom. The lowest BCUT2D eigenvalue weighted by Gasteiger charge is -2.21. The SMILES string of the molecule is CCCCCCCCCCCCCCCCCCCCCCCC(=O)O[C@H](COC(=O)CCCCCCCCCCCCCCCCCCCCC)COP(=O)(O)OC[C@@H](O)COP(=O)(O)OC[C@@H](COC(=O)CCCCCCCCC)OC(=O)CCCCCCCCCCCCCC. The van der Waals surface area contributed by atoms with Crippen LogP contribution in [0.4, 0.5) is 0 Å². The molecule has 588 valence electrons. The van der Waals surface area contributed by atoms with Crippen LogP contribution >= 0.6 is 15.6 Å². The minimum absolute atomic E-state index is 0.108. The van der Waals surface area contributed by atoms with Gasteiger partial charge in [-0.3, -0.25) is 37.3 Å². The molecule has 0 amide bonds. The second kappa shape index (κ2) is 74.3. The third-order valence-corrected chi connectivity index (χ3v) is 20.8. The van der Waals surface area contributed by atoms with Gasteiger partial charge >= 0.3 is 39.5 Å². The van der Waals surface area contributed by atoms with Crippen LogP contribution in [0.15, 0.2) is 0 Å². The van der Waals surface area contributed by atoms with Crippen LogP contribution in [0.1, 0.15) is 432 Å². The van der Waals surface area contributed by atoms with Crippen molar-refractivity contribution in [2.24, 2.45) is 0 Å². The molecule has 5 atom stereocenters. The van der Waals surface area contributed by atoms with E-state index in [1.54, 1.807) is 0 Å². The van der Waals surface area contributed by atoms with Crippen molar-refractivity contribution < 1.29 is 80.2 Å². The van der Waals surface area contributed by atoms with E-state index in [0.29, 0.717) is 25.7 Å². The second-order valence-corrected chi connectivity index (χ2v) is 31.7. The molecule has 0 rings (SSSR count). The number of hydrogen-bond acceptors (Lipinski definition) is 15. The summed E-state index contributed by atoms with van der Waals surface area (Å²) in [5, 5.41) is 10.6. The zero-order chi connectivity index (χ0) is 72.5. The Hall–Kier alpha value is -1.94. The Bertz CT molecular complexity index is 1880. The van der Waals surface area contributed by atoms with Crippen LogP contribution in [0.5, 0.6) is 0 Å². The lowest BCUT2D eigenvalue weighted by Crippen LogP contribution is -2.30. The standard InChI is InChI=1S/C80H156O17P2/c1-5-9-13-17-21-24-27-30-32-34-36-37-39-41-43-45-48-51-55-59-63-67-80(85)97-76(71-91-78(83)65-61-57-53-49-47-44-42-40-38-35-33-31-28-25-22-18-14-10-6-2)73-95-99(88,89)93-69-74(81)68-92-98(86,87)94-72-75(70-90-77(82)64-60-56-52-20-16-12-8-4)96-79(84)66-62-58-54-50-46-29-26-23-19-15-11-7-3/h74-76,81H,5-73H2,1-4H3,(H,86,87)(H,88,89)/t74-,75+,76+/m0/s1. The number of carbonyl (C=O) groups excluding carboxylic acids is 4. The van der Waals surface area contributed by atoms with Crippen molar-refractivity contribution in [3.8, 4) is 0 Å². The molecule has 0 spiro atoms. The highest BCUT2D eigenvalue weighted by molar-refractivity contribution is 7.47. The average Bonchev–Trinajstić information content (AvgIpc) is 0.946. The van der Waals surface area contributed by atoms with Crippen LogP contribution in [0.25, 0.3) is 0 Å². The highest BCUT2D eigenvalue weighted by atomic mass is 31.2. The number of ether oxygens (including phenoxy) is 4. The smallest absolute Gasteiger partial charge is 0.462 e. The second-order valence-electron chi connectivity index (χ2n) is 28.8. The molecule has 0 aromatic rings. The number of phosphoric ester groups is 2. The summed E-state index contributed by atoms with van der Waals surface area (Å²) >= 11 is 0. The van der Waals surface area contributed by atoms with Crippen LogP contribution in [-0.4, -0.2) is 96.7 Å². The zero-order valence-corrected chi connectivity index (χ0v) is 66.3. The fraction of sp³-hybridized carbons (Fsp3) is 0.950. The number of hydrogen-bond donors (Lipinski definition) is 3. The van der Waals surface area contributed by atoms with E-state index < -0.39 is 97.5 Å². The van der Waals surface area contributed by atoms with Crippen LogP contribution in [0.2, 0.25) is 0 Å². The summed E-state index contributed by atoms with van der Waals surface area (Å²) in [4.78, 5) is 72.8. The molecular formula is C80H156O17P2. The third kappa shape index (κ3) is 74.1. The van der Waals surface area contributed by atoms with E-state index in [1.165, 1.54) is 250 Å². The molecule has 0 bridgehead atoms. The van der Waals surface area contributed by atoms with Gasteiger partial charge in [-0.2, -0.15) is 0 Å². The molecule has 0 saturated carbocycles. The van der Waals surface area contributed by atoms with Gasteiger partial charge in [0, 0.05) is 25.7 Å². The van der Waals surface area contributed by atoms with Crippen molar-refractivity contribution in [1.82, 2.24) is 0 Å². The maximum Gasteiger partial charge on any atom is 0.472 e. The summed E-state index contributed by atoms with van der Waals surface area (Å²) < 4.78 is 68.5. The van der Waals surface area contributed by atoms with Gasteiger partial charge in [-0.05, 0) is 25.7 Å². The van der Waals surface area contributed by atoms with Crippen molar-refractivity contribution in [3.05, 3.63) is 0 Å². The Balaban J connectivity index is 5.15. The summed E-state index contributed by atoms with van der Waals surface area (Å²) in [5.41, 5.74) is 0. The van der Waals surface area contributed by atoms with E-state index in [-0.39, 0.29) is 25.7 Å². The van der Waals surface area contributed by atoms with Crippen molar-refractivity contribution in [1.29, 1.82) is 0 Å². The average molecular weight is 1450 g/mol. The Morgan fingerprint density at radius 3 is 0.596 bits per heavy atom. The zero-order valence-electron chi connectivity index (χ0n) is 64.5. The molecule has 0 radical (unpaired) electrons. The normalized spacial score (nSPS) is 13.8. The van der Waals surface area contributed by atoms with Gasteiger partial charge in [0.05, 0.1) is 26.4 Å². The number of esters is 4. The first kappa shape index (κ1) is 97.1. The van der Waals surface area contributed by atoms with Gasteiger partial charge in [-0.25, -0.2) is 9.13 Å². The van der Waals surface area contributed by atoms with Crippen LogP contribution < -0.4 is 0 Å². The maximum atomic E-state index is 13.1. The van der Waals surface area contributed by atoms with Gasteiger partial charge in [0.15, 0.2) is 12.2 Å². The lowest BCUT2D eigenvalue weighted by molar-refractivity contribution is -0.161. The van der Waals surface area contributed by atoms with Gasteiger partial charge in [-0.1, -0.05) is 381 Å². The molecule has 99 heavy (non-hydrogen) atoms. The molecule has 0 aliphatic heterocycles. The summed E-state index contributed by atoms with van der Waals surface area (Å²) in [6, 6.07) is 0. The van der Waals surface area contributed by atoms with Gasteiger partial charge in [0.2, 0.25) is 0 Å². The predicted molar refractivity (Wildman–Crippen MR) is 405 cm³/mol. The molecule has 0 aliphatic carbocycles. The molecule has 0 aliphatic rings. The number of phosphoric acid groups is 2. The number of carbonyl (C=O) groups is 4. The molecule has 0 aromatic heterocycles. The quantitative estimate of drug-likeness (QED) is 0.0222. The van der Waals surface area contributed by atoms with Crippen LogP contribution in [-0.2, 0) is 65.4 Å². The molecule has 19 heteroatoms.